The SMILES string of the molecule is O=C1CCCC/C1=C1/C(=O)Nc2ccccc21. The van der Waals surface area contributed by atoms with Gasteiger partial charge in [0.25, 0.3) is 5.91 Å². The Morgan fingerprint density at radius 1 is 1.00 bits per heavy atom. The van der Waals surface area contributed by atoms with Crippen LogP contribution in [0.4, 0.5) is 5.69 Å². The Labute approximate surface area is 99.5 Å². The van der Waals surface area contributed by atoms with Gasteiger partial charge in [0.2, 0.25) is 0 Å². The molecule has 1 fully saturated rings. The molecule has 0 atom stereocenters. The highest BCUT2D eigenvalue weighted by molar-refractivity contribution is 6.35. The Morgan fingerprint density at radius 3 is 2.59 bits per heavy atom. The van der Waals surface area contributed by atoms with Crippen LogP contribution in [-0.4, -0.2) is 11.7 Å². The van der Waals surface area contributed by atoms with Gasteiger partial charge in [0.15, 0.2) is 5.78 Å². The molecule has 3 heteroatoms. The number of fused-ring (bicyclic) bond motifs is 1. The van der Waals surface area contributed by atoms with E-state index in [9.17, 15) is 9.59 Å². The van der Waals surface area contributed by atoms with Crippen molar-refractivity contribution in [2.75, 3.05) is 5.32 Å². The average molecular weight is 227 g/mol. The number of nitrogens with one attached hydrogen (secondary N) is 1. The predicted octanol–water partition coefficient (Wildman–Crippen LogP) is 2.54. The van der Waals surface area contributed by atoms with Crippen molar-refractivity contribution in [1.82, 2.24) is 0 Å². The Hall–Kier alpha value is -1.90. The standard InChI is InChI=1S/C14H13NO2/c16-12-8-4-2-6-10(12)13-9-5-1-3-7-11(9)15-14(13)17/h1,3,5,7H,2,4,6,8H2,(H,15,17)/b13-10-. The summed E-state index contributed by atoms with van der Waals surface area (Å²) in [6.07, 6.45) is 3.25. The molecule has 86 valence electrons. The van der Waals surface area contributed by atoms with Crippen LogP contribution in [0.1, 0.15) is 31.2 Å². The predicted molar refractivity (Wildman–Crippen MR) is 65.5 cm³/mol. The van der Waals surface area contributed by atoms with Gasteiger partial charge in [-0.05, 0) is 25.3 Å². The molecule has 1 aromatic carbocycles. The smallest absolute Gasteiger partial charge is 0.256 e. The highest BCUT2D eigenvalue weighted by Crippen LogP contribution is 2.36. The maximum Gasteiger partial charge on any atom is 0.256 e. The first-order chi connectivity index (χ1) is 8.27. The van der Waals surface area contributed by atoms with Crippen LogP contribution in [0.2, 0.25) is 0 Å². The quantitative estimate of drug-likeness (QED) is 0.692. The topological polar surface area (TPSA) is 46.2 Å². The number of benzene rings is 1. The molecule has 1 aliphatic heterocycles. The second-order valence-corrected chi connectivity index (χ2v) is 4.48. The molecule has 0 aromatic heterocycles. The summed E-state index contributed by atoms with van der Waals surface area (Å²) in [4.78, 5) is 23.9. The monoisotopic (exact) mass is 227 g/mol. The van der Waals surface area contributed by atoms with Gasteiger partial charge in [-0.25, -0.2) is 0 Å². The summed E-state index contributed by atoms with van der Waals surface area (Å²) in [5.41, 5.74) is 3.02. The van der Waals surface area contributed by atoms with Crippen molar-refractivity contribution in [3.8, 4) is 0 Å². The van der Waals surface area contributed by atoms with E-state index < -0.39 is 0 Å². The zero-order valence-corrected chi connectivity index (χ0v) is 9.45. The molecule has 3 nitrogen and oxygen atoms in total. The van der Waals surface area contributed by atoms with Crippen molar-refractivity contribution in [3.05, 3.63) is 35.4 Å². The van der Waals surface area contributed by atoms with Gasteiger partial charge < -0.3 is 5.32 Å². The van der Waals surface area contributed by atoms with Crippen molar-refractivity contribution in [1.29, 1.82) is 0 Å². The van der Waals surface area contributed by atoms with E-state index in [0.717, 1.165) is 36.1 Å². The molecule has 2 aliphatic rings. The molecule has 0 radical (unpaired) electrons. The molecule has 0 spiro atoms. The molecule has 3 rings (SSSR count). The number of carbonyl (C=O) groups is 2. The van der Waals surface area contributed by atoms with Gasteiger partial charge >= 0.3 is 0 Å². The van der Waals surface area contributed by atoms with E-state index in [0.29, 0.717) is 12.0 Å². The van der Waals surface area contributed by atoms with Crippen LogP contribution < -0.4 is 5.32 Å². The van der Waals surface area contributed by atoms with Gasteiger partial charge in [-0.2, -0.15) is 0 Å². The second kappa shape index (κ2) is 3.84. The van der Waals surface area contributed by atoms with Crippen molar-refractivity contribution < 1.29 is 9.59 Å². The lowest BCUT2D eigenvalue weighted by Crippen LogP contribution is -2.14. The third-order valence-electron chi connectivity index (χ3n) is 3.39. The number of rotatable bonds is 0. The molecule has 1 amide bonds. The summed E-state index contributed by atoms with van der Waals surface area (Å²) in [6.45, 7) is 0. The molecule has 0 saturated heterocycles. The normalized spacial score (nSPS) is 23.5. The molecule has 1 heterocycles. The molecule has 0 unspecified atom stereocenters. The summed E-state index contributed by atoms with van der Waals surface area (Å²) in [6, 6.07) is 7.55. The van der Waals surface area contributed by atoms with Gasteiger partial charge in [0.05, 0.1) is 5.57 Å². The Bertz CT molecular complexity index is 543. The molecule has 17 heavy (non-hydrogen) atoms. The second-order valence-electron chi connectivity index (χ2n) is 4.48. The number of amides is 1. The van der Waals surface area contributed by atoms with Crippen molar-refractivity contribution in [2.45, 2.75) is 25.7 Å². The molecule has 1 saturated carbocycles. The van der Waals surface area contributed by atoms with E-state index in [1.807, 2.05) is 24.3 Å². The van der Waals surface area contributed by atoms with Crippen LogP contribution in [-0.2, 0) is 9.59 Å². The van der Waals surface area contributed by atoms with E-state index in [-0.39, 0.29) is 11.7 Å². The molecular weight excluding hydrogens is 214 g/mol. The molecular formula is C14H13NO2. The van der Waals surface area contributed by atoms with E-state index in [4.69, 9.17) is 0 Å². The molecule has 0 bridgehead atoms. The lowest BCUT2D eigenvalue weighted by Gasteiger charge is -2.14. The van der Waals surface area contributed by atoms with Crippen molar-refractivity contribution >= 4 is 23.0 Å². The fraction of sp³-hybridized carbons (Fsp3) is 0.286. The lowest BCUT2D eigenvalue weighted by atomic mass is 9.88. The van der Waals surface area contributed by atoms with E-state index >= 15 is 0 Å². The van der Waals surface area contributed by atoms with Gasteiger partial charge in [-0.3, -0.25) is 9.59 Å². The summed E-state index contributed by atoms with van der Waals surface area (Å²) >= 11 is 0. The van der Waals surface area contributed by atoms with E-state index in [2.05, 4.69) is 5.32 Å². The van der Waals surface area contributed by atoms with Gasteiger partial charge in [0.1, 0.15) is 0 Å². The molecule has 1 aromatic rings. The Balaban J connectivity index is 2.17. The van der Waals surface area contributed by atoms with Crippen LogP contribution in [0, 0.1) is 0 Å². The highest BCUT2D eigenvalue weighted by Gasteiger charge is 2.30. The number of allylic oxidation sites excluding steroid dienone is 1. The first kappa shape index (κ1) is 10.3. The summed E-state index contributed by atoms with van der Waals surface area (Å²) in [5, 5.41) is 2.82. The number of anilines is 1. The number of ketones is 1. The van der Waals surface area contributed by atoms with Crippen LogP contribution in [0.5, 0.6) is 0 Å². The average Bonchev–Trinajstić information content (AvgIpc) is 2.66. The van der Waals surface area contributed by atoms with Crippen LogP contribution in [0.15, 0.2) is 29.8 Å². The number of Topliss-reactive ketones (excluding diaryl/α,β-unsaturated/α-hetero) is 1. The van der Waals surface area contributed by atoms with Gasteiger partial charge in [0, 0.05) is 23.2 Å². The van der Waals surface area contributed by atoms with Crippen LogP contribution in [0.3, 0.4) is 0 Å². The van der Waals surface area contributed by atoms with Crippen molar-refractivity contribution in [3.63, 3.8) is 0 Å². The van der Waals surface area contributed by atoms with Crippen LogP contribution >= 0.6 is 0 Å². The number of hydrogen-bond donors (Lipinski definition) is 1. The Morgan fingerprint density at radius 2 is 1.76 bits per heavy atom. The first-order valence-corrected chi connectivity index (χ1v) is 5.94. The summed E-state index contributed by atoms with van der Waals surface area (Å²) in [7, 11) is 0. The summed E-state index contributed by atoms with van der Waals surface area (Å²) in [5.74, 6) is 0.00885. The van der Waals surface area contributed by atoms with Crippen molar-refractivity contribution in [2.24, 2.45) is 0 Å². The third kappa shape index (κ3) is 1.58. The first-order valence-electron chi connectivity index (χ1n) is 5.94. The minimum Gasteiger partial charge on any atom is -0.321 e. The molecule has 1 aliphatic carbocycles. The fourth-order valence-corrected chi connectivity index (χ4v) is 2.56. The minimum absolute atomic E-state index is 0.128. The molecule has 1 N–H and O–H groups in total. The third-order valence-corrected chi connectivity index (χ3v) is 3.39. The largest absolute Gasteiger partial charge is 0.321 e. The number of hydrogen-bond acceptors (Lipinski definition) is 2. The number of carbonyl (C=O) groups excluding carboxylic acids is 2. The van der Waals surface area contributed by atoms with E-state index in [1.165, 1.54) is 0 Å². The number of para-hydroxylation sites is 1. The van der Waals surface area contributed by atoms with Gasteiger partial charge in [-0.1, -0.05) is 18.2 Å². The van der Waals surface area contributed by atoms with Crippen LogP contribution in [0.25, 0.3) is 5.57 Å². The minimum atomic E-state index is -0.128. The highest BCUT2D eigenvalue weighted by atomic mass is 16.2. The maximum atomic E-state index is 12.0. The zero-order valence-electron chi connectivity index (χ0n) is 9.45. The lowest BCUT2D eigenvalue weighted by molar-refractivity contribution is -0.117. The zero-order chi connectivity index (χ0) is 11.8. The van der Waals surface area contributed by atoms with E-state index in [1.54, 1.807) is 0 Å². The Kier molecular flexibility index (Phi) is 2.32. The van der Waals surface area contributed by atoms with Gasteiger partial charge in [-0.15, -0.1) is 0 Å². The summed E-state index contributed by atoms with van der Waals surface area (Å²) < 4.78 is 0. The fourth-order valence-electron chi connectivity index (χ4n) is 2.56. The maximum absolute atomic E-state index is 12.0.